The van der Waals surface area contributed by atoms with E-state index >= 15 is 0 Å². The number of fused-ring (bicyclic) bond motifs is 1. The first-order valence-electron chi connectivity index (χ1n) is 6.86. The summed E-state index contributed by atoms with van der Waals surface area (Å²) in [6.07, 6.45) is 5.00. The number of rotatable bonds is 1. The van der Waals surface area contributed by atoms with Gasteiger partial charge in [-0.05, 0) is 61.5 Å². The van der Waals surface area contributed by atoms with E-state index < -0.39 is 0 Å². The Morgan fingerprint density at radius 1 is 1.32 bits per heavy atom. The molecule has 2 aromatic rings. The van der Waals surface area contributed by atoms with Crippen molar-refractivity contribution in [3.8, 4) is 0 Å². The van der Waals surface area contributed by atoms with Crippen molar-refractivity contribution < 1.29 is 0 Å². The molecule has 1 aliphatic carbocycles. The van der Waals surface area contributed by atoms with Gasteiger partial charge in [-0.25, -0.2) is 0 Å². The second-order valence-corrected chi connectivity index (χ2v) is 7.66. The van der Waals surface area contributed by atoms with E-state index in [-0.39, 0.29) is 0 Å². The maximum absolute atomic E-state index is 5.53. The van der Waals surface area contributed by atoms with Crippen molar-refractivity contribution in [2.45, 2.75) is 45.6 Å². The van der Waals surface area contributed by atoms with E-state index in [4.69, 9.17) is 12.2 Å². The van der Waals surface area contributed by atoms with Gasteiger partial charge in [-0.15, -0.1) is 0 Å². The smallest absolute Gasteiger partial charge is 0.178 e. The lowest BCUT2D eigenvalue weighted by atomic mass is 9.75. The molecule has 0 saturated heterocycles. The van der Waals surface area contributed by atoms with Gasteiger partial charge in [-0.2, -0.15) is 0 Å². The number of nitrogens with zero attached hydrogens (tertiary/aromatic N) is 1. The molecule has 1 aliphatic rings. The molecule has 2 nitrogen and oxygen atoms in total. The standard InChI is InChI=1S/C15H19BrN2S/c1-15(2)7-5-11(6-8-15)18-13-9-10(16)3-4-12(13)17-14(18)19/h3-4,9,11H,5-8H2,1-2H3,(H,17,19). The van der Waals surface area contributed by atoms with Crippen molar-refractivity contribution in [3.05, 3.63) is 27.4 Å². The number of halogens is 1. The Kier molecular flexibility index (Phi) is 3.34. The van der Waals surface area contributed by atoms with Crippen molar-refractivity contribution in [1.82, 2.24) is 9.55 Å². The van der Waals surface area contributed by atoms with Gasteiger partial charge in [-0.1, -0.05) is 29.8 Å². The minimum Gasteiger partial charge on any atom is -0.331 e. The summed E-state index contributed by atoms with van der Waals surface area (Å²) in [6.45, 7) is 4.74. The third-order valence-electron chi connectivity index (χ3n) is 4.35. The third kappa shape index (κ3) is 2.52. The van der Waals surface area contributed by atoms with Crippen LogP contribution < -0.4 is 0 Å². The summed E-state index contributed by atoms with van der Waals surface area (Å²) in [5.74, 6) is 0. The summed E-state index contributed by atoms with van der Waals surface area (Å²) in [5, 5.41) is 0. The monoisotopic (exact) mass is 338 g/mol. The fourth-order valence-electron chi connectivity index (χ4n) is 3.10. The zero-order valence-corrected chi connectivity index (χ0v) is 13.8. The van der Waals surface area contributed by atoms with Gasteiger partial charge >= 0.3 is 0 Å². The minimum absolute atomic E-state index is 0.491. The van der Waals surface area contributed by atoms with E-state index in [1.54, 1.807) is 0 Å². The van der Waals surface area contributed by atoms with Crippen molar-refractivity contribution >= 4 is 39.2 Å². The highest BCUT2D eigenvalue weighted by Crippen LogP contribution is 2.41. The van der Waals surface area contributed by atoms with Gasteiger partial charge in [0.1, 0.15) is 0 Å². The molecule has 1 aromatic heterocycles. The van der Waals surface area contributed by atoms with Crippen LogP contribution in [-0.4, -0.2) is 9.55 Å². The molecule has 1 aromatic carbocycles. The Labute approximate surface area is 127 Å². The number of aromatic nitrogens is 2. The average molecular weight is 339 g/mol. The number of imidazole rings is 1. The van der Waals surface area contributed by atoms with Crippen LogP contribution in [0.3, 0.4) is 0 Å². The van der Waals surface area contributed by atoms with Crippen molar-refractivity contribution in [1.29, 1.82) is 0 Å². The maximum Gasteiger partial charge on any atom is 0.178 e. The Hall–Kier alpha value is -0.610. The molecular weight excluding hydrogens is 320 g/mol. The topological polar surface area (TPSA) is 20.7 Å². The van der Waals surface area contributed by atoms with E-state index in [0.29, 0.717) is 11.5 Å². The largest absolute Gasteiger partial charge is 0.331 e. The first-order valence-corrected chi connectivity index (χ1v) is 8.06. The molecule has 0 amide bonds. The normalized spacial score (nSPS) is 19.9. The van der Waals surface area contributed by atoms with Crippen LogP contribution in [-0.2, 0) is 0 Å². The third-order valence-corrected chi connectivity index (χ3v) is 5.15. The van der Waals surface area contributed by atoms with Crippen molar-refractivity contribution in [2.75, 3.05) is 0 Å². The quantitative estimate of drug-likeness (QED) is 0.671. The van der Waals surface area contributed by atoms with E-state index in [0.717, 1.165) is 14.8 Å². The van der Waals surface area contributed by atoms with Crippen LogP contribution >= 0.6 is 28.1 Å². The predicted octanol–water partition coefficient (Wildman–Crippen LogP) is 5.60. The van der Waals surface area contributed by atoms with Gasteiger partial charge in [0.2, 0.25) is 0 Å². The lowest BCUT2D eigenvalue weighted by Gasteiger charge is -2.35. The molecule has 4 heteroatoms. The van der Waals surface area contributed by atoms with E-state index in [2.05, 4.69) is 57.5 Å². The first-order chi connectivity index (χ1) is 8.96. The average Bonchev–Trinajstić information content (AvgIpc) is 2.65. The molecule has 0 atom stereocenters. The van der Waals surface area contributed by atoms with E-state index in [9.17, 15) is 0 Å². The minimum atomic E-state index is 0.491. The van der Waals surface area contributed by atoms with E-state index in [1.165, 1.54) is 31.2 Å². The molecule has 0 aliphatic heterocycles. The number of H-pyrrole nitrogens is 1. The SMILES string of the molecule is CC1(C)CCC(n2c(=S)[nH]c3ccc(Br)cc32)CC1. The zero-order chi connectivity index (χ0) is 13.6. The highest BCUT2D eigenvalue weighted by molar-refractivity contribution is 9.10. The zero-order valence-electron chi connectivity index (χ0n) is 11.4. The van der Waals surface area contributed by atoms with Crippen LogP contribution in [0.15, 0.2) is 22.7 Å². The highest BCUT2D eigenvalue weighted by atomic mass is 79.9. The summed E-state index contributed by atoms with van der Waals surface area (Å²) in [5.41, 5.74) is 2.85. The molecule has 1 N–H and O–H groups in total. The maximum atomic E-state index is 5.53. The summed E-state index contributed by atoms with van der Waals surface area (Å²) < 4.78 is 4.29. The second-order valence-electron chi connectivity index (χ2n) is 6.36. The van der Waals surface area contributed by atoms with Gasteiger partial charge in [0.15, 0.2) is 4.77 Å². The van der Waals surface area contributed by atoms with Crippen molar-refractivity contribution in [2.24, 2.45) is 5.41 Å². The molecular formula is C15H19BrN2S. The Morgan fingerprint density at radius 2 is 2.00 bits per heavy atom. The number of benzene rings is 1. The lowest BCUT2D eigenvalue weighted by molar-refractivity contribution is 0.195. The van der Waals surface area contributed by atoms with Crippen LogP contribution in [0.5, 0.6) is 0 Å². The number of hydrogen-bond acceptors (Lipinski definition) is 1. The van der Waals surface area contributed by atoms with Crippen LogP contribution in [0.1, 0.15) is 45.6 Å². The van der Waals surface area contributed by atoms with Crippen molar-refractivity contribution in [3.63, 3.8) is 0 Å². The fraction of sp³-hybridized carbons (Fsp3) is 0.533. The first kappa shape index (κ1) is 13.4. The van der Waals surface area contributed by atoms with Gasteiger partial charge in [0.25, 0.3) is 0 Å². The molecule has 3 rings (SSSR count). The van der Waals surface area contributed by atoms with Crippen LogP contribution in [0.2, 0.25) is 0 Å². The van der Waals surface area contributed by atoms with Crippen LogP contribution in [0.4, 0.5) is 0 Å². The van der Waals surface area contributed by atoms with Gasteiger partial charge in [-0.3, -0.25) is 0 Å². The second kappa shape index (κ2) is 4.74. The van der Waals surface area contributed by atoms with E-state index in [1.807, 2.05) is 0 Å². The number of aromatic amines is 1. The summed E-state index contributed by atoms with van der Waals surface area (Å²) in [6, 6.07) is 6.87. The predicted molar refractivity (Wildman–Crippen MR) is 86.1 cm³/mol. The molecule has 19 heavy (non-hydrogen) atoms. The molecule has 0 unspecified atom stereocenters. The summed E-state index contributed by atoms with van der Waals surface area (Å²) >= 11 is 9.08. The lowest BCUT2D eigenvalue weighted by Crippen LogP contribution is -2.23. The summed E-state index contributed by atoms with van der Waals surface area (Å²) in [4.78, 5) is 3.33. The van der Waals surface area contributed by atoms with Crippen LogP contribution in [0.25, 0.3) is 11.0 Å². The molecule has 1 heterocycles. The number of hydrogen-bond donors (Lipinski definition) is 1. The highest BCUT2D eigenvalue weighted by Gasteiger charge is 2.28. The molecule has 0 bridgehead atoms. The molecule has 0 spiro atoms. The molecule has 102 valence electrons. The Bertz CT molecular complexity index is 658. The molecule has 1 fully saturated rings. The molecule has 0 radical (unpaired) electrons. The Balaban J connectivity index is 2.03. The number of nitrogens with one attached hydrogen (secondary N) is 1. The van der Waals surface area contributed by atoms with Gasteiger partial charge < -0.3 is 9.55 Å². The Morgan fingerprint density at radius 3 is 2.68 bits per heavy atom. The van der Waals surface area contributed by atoms with Gasteiger partial charge in [0, 0.05) is 10.5 Å². The van der Waals surface area contributed by atoms with Crippen LogP contribution in [0, 0.1) is 10.2 Å². The summed E-state index contributed by atoms with van der Waals surface area (Å²) in [7, 11) is 0. The van der Waals surface area contributed by atoms with Gasteiger partial charge in [0.05, 0.1) is 11.0 Å². The molecule has 1 saturated carbocycles. The fourth-order valence-corrected chi connectivity index (χ4v) is 3.81.